The Kier molecular flexibility index (Phi) is 5.44. The molecule has 0 spiro atoms. The van der Waals surface area contributed by atoms with Crippen LogP contribution in [-0.2, 0) is 0 Å². The van der Waals surface area contributed by atoms with Crippen LogP contribution in [-0.4, -0.2) is 21.2 Å². The van der Waals surface area contributed by atoms with Crippen molar-refractivity contribution in [2.45, 2.75) is 31.2 Å². The second kappa shape index (κ2) is 6.68. The molecule has 1 aromatic heterocycles. The molecule has 1 heterocycles. The van der Waals surface area contributed by atoms with Gasteiger partial charge in [0.2, 0.25) is 0 Å². The molecule has 1 saturated carbocycles. The maximum Gasteiger partial charge on any atom is 0.133 e. The van der Waals surface area contributed by atoms with Gasteiger partial charge in [0.05, 0.1) is 20.8 Å². The van der Waals surface area contributed by atoms with Crippen LogP contribution < -0.4 is 11.5 Å². The Labute approximate surface area is 142 Å². The van der Waals surface area contributed by atoms with E-state index in [1.807, 2.05) is 0 Å². The number of nitrogen functional groups attached to an aromatic ring is 1. The topological polar surface area (TPSA) is 93.6 Å². The molecule has 1 aliphatic carbocycles. The molecule has 1 aliphatic rings. The maximum absolute atomic E-state index is 5.99. The number of hydrogen-bond donors (Lipinski definition) is 3. The number of nitrogens with one attached hydrogen (secondary N) is 1. The summed E-state index contributed by atoms with van der Waals surface area (Å²) < 4.78 is 2.42. The molecule has 0 radical (unpaired) electrons. The van der Waals surface area contributed by atoms with Crippen LogP contribution in [0.4, 0.5) is 5.82 Å². The largest absolute Gasteiger partial charge is 0.383 e. The van der Waals surface area contributed by atoms with E-state index in [0.29, 0.717) is 11.7 Å². The Morgan fingerprint density at radius 1 is 1.37 bits per heavy atom. The van der Waals surface area contributed by atoms with Crippen molar-refractivity contribution in [3.05, 3.63) is 24.5 Å². The first-order valence-electron chi connectivity index (χ1n) is 5.83. The standard InChI is InChI=1S/C11H14Br2IN5/c12-7-4-17-19-11(16)8(13)9(18-10(7)14)5-1-2-6(15)3-5/h4-6,19H,1-3,15-16H2/t5?,6-/m1/s1. The second-order valence-electron chi connectivity index (χ2n) is 4.50. The van der Waals surface area contributed by atoms with Gasteiger partial charge < -0.3 is 11.5 Å². The Morgan fingerprint density at radius 2 is 2.11 bits per heavy atom. The number of nitrogens with two attached hydrogens (primary N) is 2. The smallest absolute Gasteiger partial charge is 0.133 e. The summed E-state index contributed by atoms with van der Waals surface area (Å²) in [4.78, 5) is 4.69. The van der Waals surface area contributed by atoms with E-state index in [2.05, 4.69) is 69.6 Å². The third kappa shape index (κ3) is 3.79. The lowest BCUT2D eigenvalue weighted by Gasteiger charge is -2.10. The van der Waals surface area contributed by atoms with Gasteiger partial charge in [-0.25, -0.2) is 4.98 Å². The number of halogens is 3. The van der Waals surface area contributed by atoms with Crippen molar-refractivity contribution in [3.8, 4) is 0 Å². The van der Waals surface area contributed by atoms with Crippen LogP contribution in [0.2, 0.25) is 0 Å². The predicted molar refractivity (Wildman–Crippen MR) is 91.1 cm³/mol. The number of rotatable bonds is 1. The molecule has 2 atom stereocenters. The average Bonchev–Trinajstić information content (AvgIpc) is 2.80. The number of aromatic amines is 1. The van der Waals surface area contributed by atoms with Gasteiger partial charge in [0, 0.05) is 12.0 Å². The van der Waals surface area contributed by atoms with Gasteiger partial charge in [-0.2, -0.15) is 5.10 Å². The first-order chi connectivity index (χ1) is 8.99. The molecule has 8 heteroatoms. The Morgan fingerprint density at radius 3 is 2.74 bits per heavy atom. The monoisotopic (exact) mass is 501 g/mol. The lowest BCUT2D eigenvalue weighted by atomic mass is 10.0. The summed E-state index contributed by atoms with van der Waals surface area (Å²) in [7, 11) is 0. The van der Waals surface area contributed by atoms with Gasteiger partial charge >= 0.3 is 0 Å². The minimum Gasteiger partial charge on any atom is -0.383 e. The summed E-state index contributed by atoms with van der Waals surface area (Å²) in [6.45, 7) is 0. The number of anilines is 1. The van der Waals surface area contributed by atoms with E-state index < -0.39 is 0 Å². The number of nitrogens with zero attached hydrogens (tertiary/aromatic N) is 2. The van der Waals surface area contributed by atoms with E-state index in [1.54, 1.807) is 6.20 Å². The zero-order valence-electron chi connectivity index (χ0n) is 10.0. The highest BCUT2D eigenvalue weighted by Crippen LogP contribution is 2.37. The molecule has 1 fully saturated rings. The van der Waals surface area contributed by atoms with E-state index in [-0.39, 0.29) is 6.04 Å². The van der Waals surface area contributed by atoms with Gasteiger partial charge in [0.15, 0.2) is 0 Å². The van der Waals surface area contributed by atoms with E-state index in [0.717, 1.165) is 37.6 Å². The van der Waals surface area contributed by atoms with E-state index >= 15 is 0 Å². The zero-order chi connectivity index (χ0) is 14.0. The van der Waals surface area contributed by atoms with Crippen LogP contribution in [0.15, 0.2) is 15.1 Å². The highest BCUT2D eigenvalue weighted by Gasteiger charge is 2.26. The first-order valence-corrected chi connectivity index (χ1v) is 8.49. The number of H-pyrrole nitrogens is 1. The molecule has 104 valence electrons. The van der Waals surface area contributed by atoms with Crippen molar-refractivity contribution in [2.75, 3.05) is 5.73 Å². The summed E-state index contributed by atoms with van der Waals surface area (Å²) in [5.74, 6) is 0.787. The van der Waals surface area contributed by atoms with Crippen molar-refractivity contribution >= 4 is 60.3 Å². The molecule has 0 amide bonds. The van der Waals surface area contributed by atoms with Crippen LogP contribution >= 0.6 is 54.5 Å². The van der Waals surface area contributed by atoms with Crippen LogP contribution in [0.5, 0.6) is 0 Å². The summed E-state index contributed by atoms with van der Waals surface area (Å²) in [6.07, 6.45) is 4.63. The third-order valence-electron chi connectivity index (χ3n) is 3.10. The molecule has 1 unspecified atom stereocenters. The molecule has 0 saturated heterocycles. The van der Waals surface area contributed by atoms with Gasteiger partial charge in [-0.1, -0.05) is 0 Å². The van der Waals surface area contributed by atoms with E-state index in [1.165, 1.54) is 0 Å². The van der Waals surface area contributed by atoms with Crippen LogP contribution in [0.3, 0.4) is 0 Å². The lowest BCUT2D eigenvalue weighted by Crippen LogP contribution is -2.14. The van der Waals surface area contributed by atoms with E-state index in [9.17, 15) is 0 Å². The molecular weight excluding hydrogens is 489 g/mol. The van der Waals surface area contributed by atoms with Crippen molar-refractivity contribution in [3.63, 3.8) is 0 Å². The quantitative estimate of drug-likeness (QED) is 0.514. The number of aromatic nitrogens is 3. The predicted octanol–water partition coefficient (Wildman–Crippen LogP) is 3.24. The zero-order valence-corrected chi connectivity index (χ0v) is 15.4. The van der Waals surface area contributed by atoms with Gasteiger partial charge in [0.25, 0.3) is 0 Å². The minimum absolute atomic E-state index is 0.246. The second-order valence-corrected chi connectivity index (χ2v) is 7.17. The number of hydrogen-bond acceptors (Lipinski definition) is 4. The maximum atomic E-state index is 5.99. The molecule has 5 nitrogen and oxygen atoms in total. The Bertz CT molecular complexity index is 532. The fourth-order valence-corrected chi connectivity index (χ4v) is 3.23. The van der Waals surface area contributed by atoms with Crippen molar-refractivity contribution in [1.82, 2.24) is 15.2 Å². The van der Waals surface area contributed by atoms with Gasteiger partial charge in [-0.05, 0) is 73.7 Å². The molecule has 1 aromatic rings. The van der Waals surface area contributed by atoms with Crippen molar-refractivity contribution in [1.29, 1.82) is 0 Å². The Hall–Kier alpha value is 0.0700. The highest BCUT2D eigenvalue weighted by molar-refractivity contribution is 14.1. The van der Waals surface area contributed by atoms with Crippen molar-refractivity contribution < 1.29 is 0 Å². The van der Waals surface area contributed by atoms with Crippen LogP contribution in [0.1, 0.15) is 30.9 Å². The fraction of sp³-hybridized carbons (Fsp3) is 0.455. The molecule has 0 bridgehead atoms. The summed E-state index contributed by atoms with van der Waals surface area (Å²) in [5.41, 5.74) is 12.9. The SMILES string of the molecule is Nc1[nH]ncc(Br)c(I)nc(C2CC[C@@H](N)C2)c1Br. The Balaban J connectivity index is 2.61. The summed E-state index contributed by atoms with van der Waals surface area (Å²) in [5, 5.41) is 6.82. The minimum atomic E-state index is 0.246. The molecule has 2 rings (SSSR count). The van der Waals surface area contributed by atoms with Gasteiger partial charge in [-0.15, -0.1) is 0 Å². The molecule has 19 heavy (non-hydrogen) atoms. The molecular formula is C11H14Br2IN5. The highest BCUT2D eigenvalue weighted by atomic mass is 127. The fourth-order valence-electron chi connectivity index (χ4n) is 2.14. The average molecular weight is 503 g/mol. The summed E-state index contributed by atoms with van der Waals surface area (Å²) >= 11 is 9.14. The van der Waals surface area contributed by atoms with Gasteiger partial charge in [0.1, 0.15) is 9.52 Å². The lowest BCUT2D eigenvalue weighted by molar-refractivity contribution is 0.659. The molecule has 0 aromatic carbocycles. The molecule has 0 aliphatic heterocycles. The first kappa shape index (κ1) is 15.5. The third-order valence-corrected chi connectivity index (χ3v) is 6.08. The van der Waals surface area contributed by atoms with Crippen LogP contribution in [0.25, 0.3) is 0 Å². The van der Waals surface area contributed by atoms with E-state index in [4.69, 9.17) is 11.5 Å². The molecule has 5 N–H and O–H groups in total. The van der Waals surface area contributed by atoms with Crippen LogP contribution in [0, 0.1) is 3.70 Å². The summed E-state index contributed by atoms with van der Waals surface area (Å²) in [6, 6.07) is 0.246. The van der Waals surface area contributed by atoms with Crippen molar-refractivity contribution in [2.24, 2.45) is 5.73 Å². The van der Waals surface area contributed by atoms with Gasteiger partial charge in [-0.3, -0.25) is 5.10 Å². The normalized spacial score (nSPS) is 22.3.